The molecule has 2 amide bonds. The van der Waals surface area contributed by atoms with Crippen LogP contribution in [0, 0.1) is 6.92 Å². The van der Waals surface area contributed by atoms with Crippen LogP contribution in [0.1, 0.15) is 38.8 Å². The minimum absolute atomic E-state index is 0.155. The largest absolute Gasteiger partial charge is 0.350 e. The van der Waals surface area contributed by atoms with Crippen molar-refractivity contribution in [3.63, 3.8) is 0 Å². The van der Waals surface area contributed by atoms with Crippen molar-refractivity contribution in [2.75, 3.05) is 17.1 Å². The van der Waals surface area contributed by atoms with E-state index in [0.717, 1.165) is 26.2 Å². The van der Waals surface area contributed by atoms with Gasteiger partial charge >= 0.3 is 0 Å². The number of nitrogens with one attached hydrogen (secondary N) is 1. The van der Waals surface area contributed by atoms with Gasteiger partial charge in [0.25, 0.3) is 0 Å². The second-order valence-electron chi connectivity index (χ2n) is 9.12. The highest BCUT2D eigenvalue weighted by atomic mass is 79.9. The molecule has 0 fully saturated rings. The molecule has 7 nitrogen and oxygen atoms in total. The lowest BCUT2D eigenvalue weighted by Crippen LogP contribution is -2.54. The van der Waals surface area contributed by atoms with Crippen LogP contribution in [-0.2, 0) is 26.2 Å². The van der Waals surface area contributed by atoms with E-state index in [1.54, 1.807) is 38.1 Å². The Morgan fingerprint density at radius 1 is 1.09 bits per heavy atom. The van der Waals surface area contributed by atoms with Crippen LogP contribution in [0.3, 0.4) is 0 Å². The van der Waals surface area contributed by atoms with E-state index in [-0.39, 0.29) is 12.5 Å². The third-order valence-corrected chi connectivity index (χ3v) is 6.59. The first-order valence-electron chi connectivity index (χ1n) is 10.6. The zero-order chi connectivity index (χ0) is 25.0. The molecule has 33 heavy (non-hydrogen) atoms. The Morgan fingerprint density at radius 2 is 1.73 bits per heavy atom. The van der Waals surface area contributed by atoms with Crippen molar-refractivity contribution in [3.05, 3.63) is 64.1 Å². The molecule has 180 valence electrons. The zero-order valence-corrected chi connectivity index (χ0v) is 22.3. The standard InChI is InChI=1S/C24H32BrN3O4S/c1-17-10-7-8-13-21(17)28(33(6,31)32)16-22(29)27(15-19-11-9-12-20(25)14-19)18(2)23(30)26-24(3,4)5/h7-14,18H,15-16H2,1-6H3,(H,26,30). The molecule has 9 heteroatoms. The predicted molar refractivity (Wildman–Crippen MR) is 135 cm³/mol. The fraction of sp³-hybridized carbons (Fsp3) is 0.417. The summed E-state index contributed by atoms with van der Waals surface area (Å²) in [4.78, 5) is 27.9. The van der Waals surface area contributed by atoms with Crippen LogP contribution in [0.25, 0.3) is 0 Å². The van der Waals surface area contributed by atoms with Gasteiger partial charge in [-0.15, -0.1) is 0 Å². The molecule has 1 atom stereocenters. The smallest absolute Gasteiger partial charge is 0.244 e. The summed E-state index contributed by atoms with van der Waals surface area (Å²) in [5.74, 6) is -0.784. The number of anilines is 1. The van der Waals surface area contributed by atoms with Crippen LogP contribution in [0.4, 0.5) is 5.69 Å². The van der Waals surface area contributed by atoms with Crippen molar-refractivity contribution in [2.45, 2.75) is 52.7 Å². The molecule has 0 heterocycles. The minimum atomic E-state index is -3.75. The lowest BCUT2D eigenvalue weighted by molar-refractivity contribution is -0.140. The number of halogens is 1. The minimum Gasteiger partial charge on any atom is -0.350 e. The van der Waals surface area contributed by atoms with Crippen molar-refractivity contribution in [2.24, 2.45) is 0 Å². The second-order valence-corrected chi connectivity index (χ2v) is 11.9. The summed E-state index contributed by atoms with van der Waals surface area (Å²) in [5, 5.41) is 2.90. The summed E-state index contributed by atoms with van der Waals surface area (Å²) in [6, 6.07) is 13.6. The highest BCUT2D eigenvalue weighted by Gasteiger charge is 2.31. The number of benzene rings is 2. The summed E-state index contributed by atoms with van der Waals surface area (Å²) >= 11 is 3.43. The molecular formula is C24H32BrN3O4S. The number of carbonyl (C=O) groups is 2. The van der Waals surface area contributed by atoms with Crippen LogP contribution < -0.4 is 9.62 Å². The summed E-state index contributed by atoms with van der Waals surface area (Å²) in [6.45, 7) is 8.77. The molecule has 0 saturated carbocycles. The third-order valence-electron chi connectivity index (χ3n) is 4.97. The quantitative estimate of drug-likeness (QED) is 0.553. The van der Waals surface area contributed by atoms with Gasteiger partial charge in [0, 0.05) is 16.6 Å². The van der Waals surface area contributed by atoms with Crippen molar-refractivity contribution >= 4 is 43.5 Å². The first kappa shape index (κ1) is 26.9. The van der Waals surface area contributed by atoms with Crippen LogP contribution in [-0.4, -0.2) is 49.5 Å². The van der Waals surface area contributed by atoms with Crippen LogP contribution in [0.15, 0.2) is 53.0 Å². The number of carbonyl (C=O) groups excluding carboxylic acids is 2. The Morgan fingerprint density at radius 3 is 2.27 bits per heavy atom. The Bertz CT molecular complexity index is 1110. The van der Waals surface area contributed by atoms with Gasteiger partial charge in [0.1, 0.15) is 12.6 Å². The zero-order valence-electron chi connectivity index (χ0n) is 19.9. The Balaban J connectivity index is 2.42. The maximum atomic E-state index is 13.5. The highest BCUT2D eigenvalue weighted by molar-refractivity contribution is 9.10. The first-order valence-corrected chi connectivity index (χ1v) is 13.2. The molecule has 0 aliphatic carbocycles. The maximum absolute atomic E-state index is 13.5. The first-order chi connectivity index (χ1) is 15.2. The van der Waals surface area contributed by atoms with Gasteiger partial charge in [-0.05, 0) is 63.9 Å². The average Bonchev–Trinajstić information content (AvgIpc) is 2.68. The van der Waals surface area contributed by atoms with E-state index >= 15 is 0 Å². The Kier molecular flexibility index (Phi) is 8.70. The number of hydrogen-bond acceptors (Lipinski definition) is 4. The molecule has 2 aromatic carbocycles. The molecule has 0 aliphatic rings. The van der Waals surface area contributed by atoms with E-state index in [9.17, 15) is 18.0 Å². The third kappa shape index (κ3) is 7.85. The average molecular weight is 539 g/mol. The lowest BCUT2D eigenvalue weighted by atomic mass is 10.1. The van der Waals surface area contributed by atoms with E-state index in [1.165, 1.54) is 4.90 Å². The van der Waals surface area contributed by atoms with Gasteiger partial charge in [0.15, 0.2) is 0 Å². The lowest BCUT2D eigenvalue weighted by Gasteiger charge is -2.33. The van der Waals surface area contributed by atoms with Crippen molar-refractivity contribution in [1.29, 1.82) is 0 Å². The fourth-order valence-corrected chi connectivity index (χ4v) is 4.68. The SMILES string of the molecule is Cc1ccccc1N(CC(=O)N(Cc1cccc(Br)c1)C(C)C(=O)NC(C)(C)C)S(C)(=O)=O. The second kappa shape index (κ2) is 10.7. The number of aryl methyl sites for hydroxylation is 1. The number of sulfonamides is 1. The molecule has 1 N–H and O–H groups in total. The van der Waals surface area contributed by atoms with Gasteiger partial charge < -0.3 is 10.2 Å². The van der Waals surface area contributed by atoms with Crippen molar-refractivity contribution in [1.82, 2.24) is 10.2 Å². The molecular weight excluding hydrogens is 506 g/mol. The molecule has 0 radical (unpaired) electrons. The van der Waals surface area contributed by atoms with Gasteiger partial charge in [0.2, 0.25) is 21.8 Å². The number of amides is 2. The maximum Gasteiger partial charge on any atom is 0.244 e. The molecule has 0 bridgehead atoms. The molecule has 2 rings (SSSR count). The van der Waals surface area contributed by atoms with Gasteiger partial charge in [-0.3, -0.25) is 13.9 Å². The molecule has 1 unspecified atom stereocenters. The van der Waals surface area contributed by atoms with Gasteiger partial charge in [-0.25, -0.2) is 8.42 Å². The molecule has 2 aromatic rings. The summed E-state index contributed by atoms with van der Waals surface area (Å²) in [6.07, 6.45) is 1.07. The molecule has 0 saturated heterocycles. The molecule has 0 spiro atoms. The summed E-state index contributed by atoms with van der Waals surface area (Å²) in [7, 11) is -3.75. The summed E-state index contributed by atoms with van der Waals surface area (Å²) in [5.41, 5.74) is 1.50. The fourth-order valence-electron chi connectivity index (χ4n) is 3.33. The van der Waals surface area contributed by atoms with E-state index in [0.29, 0.717) is 5.69 Å². The van der Waals surface area contributed by atoms with E-state index < -0.39 is 34.1 Å². The Labute approximate surface area is 205 Å². The van der Waals surface area contributed by atoms with Crippen LogP contribution >= 0.6 is 15.9 Å². The molecule has 0 aromatic heterocycles. The Hall–Kier alpha value is -2.39. The number of para-hydroxylation sites is 1. The predicted octanol–water partition coefficient (Wildman–Crippen LogP) is 3.86. The van der Waals surface area contributed by atoms with E-state index in [2.05, 4.69) is 21.2 Å². The van der Waals surface area contributed by atoms with Crippen LogP contribution in [0.5, 0.6) is 0 Å². The molecule has 0 aliphatic heterocycles. The van der Waals surface area contributed by atoms with E-state index in [1.807, 2.05) is 45.0 Å². The number of nitrogens with zero attached hydrogens (tertiary/aromatic N) is 2. The normalized spacial score (nSPS) is 12.7. The van der Waals surface area contributed by atoms with Gasteiger partial charge in [0.05, 0.1) is 11.9 Å². The van der Waals surface area contributed by atoms with Gasteiger partial charge in [-0.2, -0.15) is 0 Å². The number of rotatable bonds is 8. The number of hydrogen-bond donors (Lipinski definition) is 1. The topological polar surface area (TPSA) is 86.8 Å². The van der Waals surface area contributed by atoms with E-state index in [4.69, 9.17) is 0 Å². The van der Waals surface area contributed by atoms with Crippen molar-refractivity contribution in [3.8, 4) is 0 Å². The van der Waals surface area contributed by atoms with Gasteiger partial charge in [-0.1, -0.05) is 46.3 Å². The van der Waals surface area contributed by atoms with Crippen molar-refractivity contribution < 1.29 is 18.0 Å². The monoisotopic (exact) mass is 537 g/mol. The summed E-state index contributed by atoms with van der Waals surface area (Å²) < 4.78 is 27.1. The van der Waals surface area contributed by atoms with Crippen LogP contribution in [0.2, 0.25) is 0 Å². The highest BCUT2D eigenvalue weighted by Crippen LogP contribution is 2.23.